The van der Waals surface area contributed by atoms with Crippen molar-refractivity contribution in [2.45, 2.75) is 97.7 Å². The normalized spacial score (nSPS) is 43.3. The number of aliphatic hydroxyl groups is 2. The van der Waals surface area contributed by atoms with Crippen LogP contribution in [0, 0.1) is 52.3 Å². The average molecular weight is 524 g/mol. The highest BCUT2D eigenvalue weighted by molar-refractivity contribution is 6.00. The molecule has 0 bridgehead atoms. The lowest BCUT2D eigenvalue weighted by molar-refractivity contribution is -0.203. The van der Waals surface area contributed by atoms with Crippen LogP contribution in [0.25, 0.3) is 11.1 Å². The quantitative estimate of drug-likeness (QED) is 0.423. The summed E-state index contributed by atoms with van der Waals surface area (Å²) in [6, 6.07) is 5.09. The fourth-order valence-corrected chi connectivity index (χ4v) is 10.6. The number of carbonyl (C=O) groups is 1. The molecule has 0 radical (unpaired) electrons. The van der Waals surface area contributed by atoms with Gasteiger partial charge >= 0.3 is 5.97 Å². The average Bonchev–Trinajstić information content (AvgIpc) is 3.45. The molecule has 0 unspecified atom stereocenters. The molecule has 6 rings (SSSR count). The molecule has 0 saturated heterocycles. The monoisotopic (exact) mass is 523 g/mol. The first kappa shape index (κ1) is 26.3. The zero-order valence-corrected chi connectivity index (χ0v) is 23.4. The number of para-hydroxylation sites is 1. The van der Waals surface area contributed by atoms with Crippen LogP contribution in [-0.4, -0.2) is 38.5 Å². The van der Waals surface area contributed by atoms with E-state index in [9.17, 15) is 20.1 Å². The summed E-state index contributed by atoms with van der Waals surface area (Å²) < 4.78 is 6.04. The first-order valence-electron chi connectivity index (χ1n) is 15.1. The molecule has 1 aromatic carbocycles. The van der Waals surface area contributed by atoms with Gasteiger partial charge in [0.2, 0.25) is 0 Å². The van der Waals surface area contributed by atoms with Crippen LogP contribution in [0.5, 0.6) is 0 Å². The standard InChI is InChI=1S/C32H45NO5/c1-5-19-24-16-18(34)11-13-32(24,4)23-12-14-31(3)21(9-10-22(31)27(23)29(19)35)17(2)15-26-33-28-20(30(36)37)7-6-8-25(28)38-26/h6-8,17-19,21-24,27,29,34-35H,5,9-16H2,1-4H3,(H,36,37)/t17-,18-,19-,21-,22+,23+,24+,27+,29-,31-,32-/m1/s1. The Hall–Kier alpha value is -1.92. The Bertz CT molecular complexity index is 1210. The minimum atomic E-state index is -0.980. The second kappa shape index (κ2) is 9.33. The predicted molar refractivity (Wildman–Crippen MR) is 146 cm³/mol. The van der Waals surface area contributed by atoms with Crippen molar-refractivity contribution in [2.24, 2.45) is 52.3 Å². The summed E-state index contributed by atoms with van der Waals surface area (Å²) in [5.41, 5.74) is 1.56. The Morgan fingerprint density at radius 3 is 2.55 bits per heavy atom. The SMILES string of the molecule is CC[C@H]1[C@@H](O)[C@@H]2[C@H](CC[C@]3(C)[C@@H]([C@H](C)Cc4nc5c(C(=O)O)cccc5o4)CC[C@@H]23)[C@@]2(C)CC[C@@H](O)C[C@@H]12. The largest absolute Gasteiger partial charge is 0.478 e. The molecule has 11 atom stereocenters. The van der Waals surface area contributed by atoms with Crippen LogP contribution in [-0.2, 0) is 6.42 Å². The number of oxazole rings is 1. The van der Waals surface area contributed by atoms with Crippen LogP contribution >= 0.6 is 0 Å². The van der Waals surface area contributed by atoms with Crippen molar-refractivity contribution in [3.8, 4) is 0 Å². The zero-order chi connectivity index (χ0) is 27.0. The van der Waals surface area contributed by atoms with E-state index in [-0.39, 0.29) is 34.5 Å². The van der Waals surface area contributed by atoms with Crippen molar-refractivity contribution in [3.05, 3.63) is 29.7 Å². The van der Waals surface area contributed by atoms with E-state index < -0.39 is 5.97 Å². The van der Waals surface area contributed by atoms with Crippen LogP contribution < -0.4 is 0 Å². The van der Waals surface area contributed by atoms with Gasteiger partial charge in [0.25, 0.3) is 0 Å². The molecule has 6 nitrogen and oxygen atoms in total. The Balaban J connectivity index is 1.26. The number of aromatic nitrogens is 1. The number of fused-ring (bicyclic) bond motifs is 6. The van der Waals surface area contributed by atoms with Crippen molar-refractivity contribution >= 4 is 17.1 Å². The van der Waals surface area contributed by atoms with Crippen LogP contribution in [0.15, 0.2) is 22.6 Å². The minimum Gasteiger partial charge on any atom is -0.478 e. The number of hydrogen-bond acceptors (Lipinski definition) is 5. The lowest BCUT2D eigenvalue weighted by Crippen LogP contribution is -2.62. The number of hydrogen-bond donors (Lipinski definition) is 3. The summed E-state index contributed by atoms with van der Waals surface area (Å²) in [5.74, 6) is 2.62. The lowest BCUT2D eigenvalue weighted by Gasteiger charge is -2.64. The Morgan fingerprint density at radius 2 is 1.82 bits per heavy atom. The van der Waals surface area contributed by atoms with Crippen molar-refractivity contribution in [1.82, 2.24) is 4.98 Å². The molecule has 38 heavy (non-hydrogen) atoms. The molecular weight excluding hydrogens is 478 g/mol. The van der Waals surface area contributed by atoms with E-state index in [0.717, 1.165) is 32.1 Å². The molecular formula is C32H45NO5. The van der Waals surface area contributed by atoms with E-state index in [4.69, 9.17) is 4.42 Å². The van der Waals surface area contributed by atoms with Gasteiger partial charge in [0.15, 0.2) is 11.5 Å². The van der Waals surface area contributed by atoms with Gasteiger partial charge in [-0.05, 0) is 109 Å². The van der Waals surface area contributed by atoms with E-state index in [1.807, 2.05) is 0 Å². The molecule has 1 heterocycles. The molecule has 2 aromatic rings. The molecule has 6 heteroatoms. The topological polar surface area (TPSA) is 104 Å². The molecule has 1 aromatic heterocycles. The highest BCUT2D eigenvalue weighted by atomic mass is 16.4. The zero-order valence-electron chi connectivity index (χ0n) is 23.4. The van der Waals surface area contributed by atoms with Gasteiger partial charge in [-0.15, -0.1) is 0 Å². The van der Waals surface area contributed by atoms with Gasteiger partial charge < -0.3 is 19.7 Å². The number of nitrogens with zero attached hydrogens (tertiary/aromatic N) is 1. The van der Waals surface area contributed by atoms with Crippen molar-refractivity contribution in [2.75, 3.05) is 0 Å². The smallest absolute Gasteiger partial charge is 0.338 e. The molecule has 4 saturated carbocycles. The number of aromatic carboxylic acids is 1. The van der Waals surface area contributed by atoms with E-state index in [1.54, 1.807) is 18.2 Å². The van der Waals surface area contributed by atoms with Crippen LogP contribution in [0.3, 0.4) is 0 Å². The minimum absolute atomic E-state index is 0.176. The summed E-state index contributed by atoms with van der Waals surface area (Å²) >= 11 is 0. The van der Waals surface area contributed by atoms with Crippen molar-refractivity contribution < 1.29 is 24.5 Å². The van der Waals surface area contributed by atoms with Gasteiger partial charge in [0.1, 0.15) is 5.52 Å². The van der Waals surface area contributed by atoms with E-state index >= 15 is 0 Å². The van der Waals surface area contributed by atoms with Crippen molar-refractivity contribution in [3.63, 3.8) is 0 Å². The number of benzene rings is 1. The second-order valence-corrected chi connectivity index (χ2v) is 13.9. The third kappa shape index (κ3) is 3.80. The predicted octanol–water partition coefficient (Wildman–Crippen LogP) is 6.33. The highest BCUT2D eigenvalue weighted by Gasteiger charge is 2.64. The lowest BCUT2D eigenvalue weighted by atomic mass is 9.41. The van der Waals surface area contributed by atoms with Crippen LogP contribution in [0.4, 0.5) is 0 Å². The Labute approximate surface area is 226 Å². The third-order valence-corrected chi connectivity index (χ3v) is 12.3. The first-order chi connectivity index (χ1) is 18.1. The van der Waals surface area contributed by atoms with Gasteiger partial charge in [0, 0.05) is 6.42 Å². The van der Waals surface area contributed by atoms with Gasteiger partial charge in [-0.25, -0.2) is 9.78 Å². The molecule has 4 aliphatic carbocycles. The highest BCUT2D eigenvalue weighted by Crippen LogP contribution is 2.69. The molecule has 4 aliphatic rings. The summed E-state index contributed by atoms with van der Waals surface area (Å²) in [5, 5.41) is 32.0. The summed E-state index contributed by atoms with van der Waals surface area (Å²) in [6.45, 7) is 9.52. The van der Waals surface area contributed by atoms with E-state index in [1.165, 1.54) is 19.3 Å². The third-order valence-electron chi connectivity index (χ3n) is 12.3. The molecule has 0 aliphatic heterocycles. The molecule has 0 spiro atoms. The Morgan fingerprint density at radius 1 is 1.08 bits per heavy atom. The number of aliphatic hydroxyl groups excluding tert-OH is 2. The van der Waals surface area contributed by atoms with E-state index in [0.29, 0.717) is 58.9 Å². The number of rotatable bonds is 5. The molecule has 0 amide bonds. The fraction of sp³-hybridized carbons (Fsp3) is 0.750. The second-order valence-electron chi connectivity index (χ2n) is 13.9. The van der Waals surface area contributed by atoms with Gasteiger partial charge in [0.05, 0.1) is 17.8 Å². The first-order valence-corrected chi connectivity index (χ1v) is 15.1. The molecule has 4 fully saturated rings. The number of carboxylic acid groups (broad SMARTS) is 1. The van der Waals surface area contributed by atoms with E-state index in [2.05, 4.69) is 32.7 Å². The number of carboxylic acids is 1. The van der Waals surface area contributed by atoms with Crippen LogP contribution in [0.2, 0.25) is 0 Å². The van der Waals surface area contributed by atoms with Crippen molar-refractivity contribution in [1.29, 1.82) is 0 Å². The molecule has 3 N–H and O–H groups in total. The summed E-state index contributed by atoms with van der Waals surface area (Å²) in [4.78, 5) is 16.3. The molecule has 208 valence electrons. The maximum Gasteiger partial charge on any atom is 0.338 e. The summed E-state index contributed by atoms with van der Waals surface area (Å²) in [7, 11) is 0. The fourth-order valence-electron chi connectivity index (χ4n) is 10.6. The van der Waals surface area contributed by atoms with Gasteiger partial charge in [-0.3, -0.25) is 0 Å². The van der Waals surface area contributed by atoms with Gasteiger partial charge in [-0.1, -0.05) is 40.2 Å². The maximum atomic E-state index is 11.9. The maximum absolute atomic E-state index is 11.9. The Kier molecular flexibility index (Phi) is 6.46. The van der Waals surface area contributed by atoms with Gasteiger partial charge in [-0.2, -0.15) is 0 Å². The van der Waals surface area contributed by atoms with Crippen LogP contribution in [0.1, 0.15) is 95.3 Å². The summed E-state index contributed by atoms with van der Waals surface area (Å²) in [6.07, 6.45) is 8.72.